The molecule has 1 atom stereocenters. The Labute approximate surface area is 182 Å². The van der Waals surface area contributed by atoms with E-state index in [1.807, 2.05) is 0 Å². The Bertz CT molecular complexity index is 827. The van der Waals surface area contributed by atoms with Crippen molar-refractivity contribution in [3.8, 4) is 5.75 Å². The van der Waals surface area contributed by atoms with Crippen LogP contribution in [0.4, 0.5) is 4.79 Å². The van der Waals surface area contributed by atoms with E-state index in [9.17, 15) is 14.4 Å². The van der Waals surface area contributed by atoms with Crippen LogP contribution < -0.4 is 15.4 Å². The zero-order chi connectivity index (χ0) is 22.2. The highest BCUT2D eigenvalue weighted by Gasteiger charge is 2.34. The van der Waals surface area contributed by atoms with Crippen LogP contribution in [0.25, 0.3) is 0 Å². The zero-order valence-corrected chi connectivity index (χ0v) is 18.1. The van der Waals surface area contributed by atoms with Gasteiger partial charge in [-0.1, -0.05) is 37.8 Å². The number of nitrogens with one attached hydrogen (secondary N) is 2. The van der Waals surface area contributed by atoms with Gasteiger partial charge in [-0.2, -0.15) is 0 Å². The summed E-state index contributed by atoms with van der Waals surface area (Å²) in [5.41, 5.74) is 1.14. The molecule has 0 radical (unpaired) electrons. The quantitative estimate of drug-likeness (QED) is 0.582. The number of urea groups is 1. The van der Waals surface area contributed by atoms with Gasteiger partial charge in [0, 0.05) is 6.42 Å². The van der Waals surface area contributed by atoms with Crippen molar-refractivity contribution in [3.63, 3.8) is 0 Å². The monoisotopic (exact) mass is 430 g/mol. The molecule has 0 bridgehead atoms. The second-order valence-electron chi connectivity index (χ2n) is 7.77. The minimum Gasteiger partial charge on any atom is -0.497 e. The minimum atomic E-state index is -0.731. The maximum absolute atomic E-state index is 12.7. The maximum atomic E-state index is 12.7. The molecule has 1 fully saturated rings. The Morgan fingerprint density at radius 3 is 2.45 bits per heavy atom. The molecule has 1 aliphatic carbocycles. The number of carbonyl (C=O) groups excluding carboxylic acids is 3. The molecular formula is C23H30N2O6. The van der Waals surface area contributed by atoms with Crippen molar-refractivity contribution in [2.24, 2.45) is 5.92 Å². The Morgan fingerprint density at radius 1 is 1.10 bits per heavy atom. The van der Waals surface area contributed by atoms with Gasteiger partial charge in [-0.25, -0.2) is 9.59 Å². The highest BCUT2D eigenvalue weighted by atomic mass is 16.5. The Morgan fingerprint density at radius 2 is 1.81 bits per heavy atom. The topological polar surface area (TPSA) is 103 Å². The standard InChI is InChI=1S/C23H30N2O6/c1-3-30-22(27)20-18(14-31-19(26)13-8-15-6-4-5-7-15)24-23(28)25-21(20)16-9-11-17(29-2)12-10-16/h9-12,15,21H,3-8,13-14H2,1-2H3,(H2,24,25,28). The number of esters is 2. The van der Waals surface area contributed by atoms with Crippen LogP contribution in [-0.2, 0) is 19.1 Å². The van der Waals surface area contributed by atoms with Gasteiger partial charge in [-0.3, -0.25) is 4.79 Å². The van der Waals surface area contributed by atoms with E-state index in [1.165, 1.54) is 12.8 Å². The van der Waals surface area contributed by atoms with E-state index in [0.29, 0.717) is 23.7 Å². The van der Waals surface area contributed by atoms with Crippen LogP contribution in [-0.4, -0.2) is 38.3 Å². The van der Waals surface area contributed by atoms with Gasteiger partial charge in [0.2, 0.25) is 0 Å². The van der Waals surface area contributed by atoms with E-state index in [-0.39, 0.29) is 30.5 Å². The van der Waals surface area contributed by atoms with Crippen molar-refractivity contribution in [1.82, 2.24) is 10.6 Å². The third kappa shape index (κ3) is 5.99. The normalized spacial score (nSPS) is 18.9. The highest BCUT2D eigenvalue weighted by Crippen LogP contribution is 2.30. The maximum Gasteiger partial charge on any atom is 0.338 e. The van der Waals surface area contributed by atoms with E-state index < -0.39 is 18.0 Å². The molecule has 3 rings (SSSR count). The number of benzene rings is 1. The second kappa shape index (κ2) is 10.8. The van der Waals surface area contributed by atoms with Crippen LogP contribution in [0.3, 0.4) is 0 Å². The van der Waals surface area contributed by atoms with Gasteiger partial charge in [0.25, 0.3) is 0 Å². The predicted molar refractivity (Wildman–Crippen MR) is 113 cm³/mol. The molecule has 31 heavy (non-hydrogen) atoms. The lowest BCUT2D eigenvalue weighted by atomic mass is 9.95. The molecule has 1 heterocycles. The molecule has 1 aromatic rings. The fraction of sp³-hybridized carbons (Fsp3) is 0.522. The van der Waals surface area contributed by atoms with E-state index in [2.05, 4.69) is 10.6 Å². The lowest BCUT2D eigenvalue weighted by molar-refractivity contribution is -0.144. The predicted octanol–water partition coefficient (Wildman–Crippen LogP) is 3.38. The van der Waals surface area contributed by atoms with Crippen LogP contribution in [0.2, 0.25) is 0 Å². The number of ether oxygens (including phenoxy) is 3. The van der Waals surface area contributed by atoms with Gasteiger partial charge in [0.15, 0.2) is 0 Å². The van der Waals surface area contributed by atoms with Crippen molar-refractivity contribution in [2.45, 2.75) is 51.5 Å². The first kappa shape index (κ1) is 22.7. The number of hydrogen-bond donors (Lipinski definition) is 2. The number of carbonyl (C=O) groups is 3. The first-order valence-electron chi connectivity index (χ1n) is 10.8. The second-order valence-corrected chi connectivity index (χ2v) is 7.77. The highest BCUT2D eigenvalue weighted by molar-refractivity contribution is 5.95. The van der Waals surface area contributed by atoms with Crippen molar-refractivity contribution in [3.05, 3.63) is 41.1 Å². The van der Waals surface area contributed by atoms with E-state index in [0.717, 1.165) is 19.3 Å². The summed E-state index contributed by atoms with van der Waals surface area (Å²) in [7, 11) is 1.56. The molecule has 8 nitrogen and oxygen atoms in total. The SMILES string of the molecule is CCOC(=O)C1=C(COC(=O)CCC2CCCC2)NC(=O)NC1c1ccc(OC)cc1. The molecule has 1 aliphatic heterocycles. The molecular weight excluding hydrogens is 400 g/mol. The number of hydrogen-bond acceptors (Lipinski definition) is 6. The lowest BCUT2D eigenvalue weighted by Crippen LogP contribution is -2.47. The van der Waals surface area contributed by atoms with Crippen LogP contribution >= 0.6 is 0 Å². The van der Waals surface area contributed by atoms with Gasteiger partial charge in [-0.15, -0.1) is 0 Å². The average molecular weight is 431 g/mol. The minimum absolute atomic E-state index is 0.181. The summed E-state index contributed by atoms with van der Waals surface area (Å²) >= 11 is 0. The molecule has 8 heteroatoms. The lowest BCUT2D eigenvalue weighted by Gasteiger charge is -2.29. The molecule has 2 N–H and O–H groups in total. The number of methoxy groups -OCH3 is 1. The summed E-state index contributed by atoms with van der Waals surface area (Å²) in [4.78, 5) is 37.3. The molecule has 1 saturated carbocycles. The number of amides is 2. The fourth-order valence-corrected chi connectivity index (χ4v) is 4.07. The first-order chi connectivity index (χ1) is 15.0. The first-order valence-corrected chi connectivity index (χ1v) is 10.8. The van der Waals surface area contributed by atoms with Gasteiger partial charge < -0.3 is 24.8 Å². The van der Waals surface area contributed by atoms with Gasteiger partial charge in [0.05, 0.1) is 31.0 Å². The fourth-order valence-electron chi connectivity index (χ4n) is 4.07. The van der Waals surface area contributed by atoms with Crippen molar-refractivity contribution >= 4 is 18.0 Å². The Balaban J connectivity index is 1.76. The third-order valence-corrected chi connectivity index (χ3v) is 5.71. The van der Waals surface area contributed by atoms with Crippen molar-refractivity contribution in [1.29, 1.82) is 0 Å². The van der Waals surface area contributed by atoms with Crippen LogP contribution in [0.15, 0.2) is 35.5 Å². The molecule has 0 spiro atoms. The molecule has 168 valence electrons. The van der Waals surface area contributed by atoms with E-state index in [1.54, 1.807) is 38.3 Å². The van der Waals surface area contributed by atoms with Gasteiger partial charge in [-0.05, 0) is 37.0 Å². The van der Waals surface area contributed by atoms with Crippen LogP contribution in [0.5, 0.6) is 5.75 Å². The molecule has 2 amide bonds. The summed E-state index contributed by atoms with van der Waals surface area (Å²) in [5.74, 6) is 0.325. The molecule has 1 aromatic carbocycles. The van der Waals surface area contributed by atoms with Crippen molar-refractivity contribution in [2.75, 3.05) is 20.3 Å². The third-order valence-electron chi connectivity index (χ3n) is 5.71. The summed E-state index contributed by atoms with van der Waals surface area (Å²) in [6, 6.07) is 5.81. The number of rotatable bonds is 9. The summed E-state index contributed by atoms with van der Waals surface area (Å²) in [6.45, 7) is 1.69. The smallest absolute Gasteiger partial charge is 0.338 e. The zero-order valence-electron chi connectivity index (χ0n) is 18.1. The summed E-state index contributed by atoms with van der Waals surface area (Å²) in [5, 5.41) is 5.36. The van der Waals surface area contributed by atoms with Crippen molar-refractivity contribution < 1.29 is 28.6 Å². The average Bonchev–Trinajstić information content (AvgIpc) is 3.29. The summed E-state index contributed by atoms with van der Waals surface area (Å²) < 4.78 is 15.8. The Kier molecular flexibility index (Phi) is 7.92. The largest absolute Gasteiger partial charge is 0.497 e. The van der Waals surface area contributed by atoms with Gasteiger partial charge >= 0.3 is 18.0 Å². The van der Waals surface area contributed by atoms with E-state index in [4.69, 9.17) is 14.2 Å². The molecule has 1 unspecified atom stereocenters. The molecule has 2 aliphatic rings. The van der Waals surface area contributed by atoms with Gasteiger partial charge in [0.1, 0.15) is 12.4 Å². The molecule has 0 saturated heterocycles. The van der Waals surface area contributed by atoms with Crippen LogP contribution in [0, 0.1) is 5.92 Å². The Hall–Kier alpha value is -3.03. The summed E-state index contributed by atoms with van der Waals surface area (Å²) in [6.07, 6.45) is 5.92. The van der Waals surface area contributed by atoms with Crippen LogP contribution in [0.1, 0.15) is 57.1 Å². The molecule has 0 aromatic heterocycles. The van der Waals surface area contributed by atoms with E-state index >= 15 is 0 Å².